The number of hydrogen-bond acceptors (Lipinski definition) is 7. The van der Waals surface area contributed by atoms with Crippen molar-refractivity contribution in [2.45, 2.75) is 13.0 Å². The number of carbonyl (C=O) groups is 2. The van der Waals surface area contributed by atoms with Gasteiger partial charge in [0.2, 0.25) is 5.91 Å². The third-order valence-electron chi connectivity index (χ3n) is 2.76. The number of thiophene rings is 1. The van der Waals surface area contributed by atoms with Gasteiger partial charge in [-0.15, -0.1) is 11.3 Å². The number of fused-ring (bicyclic) bond motifs is 1. The first-order valence-electron chi connectivity index (χ1n) is 5.62. The molecule has 3 heterocycles. The molecule has 0 atom stereocenters. The van der Waals surface area contributed by atoms with Crippen molar-refractivity contribution in [1.29, 1.82) is 0 Å². The summed E-state index contributed by atoms with van der Waals surface area (Å²) >= 11 is 2.60. The normalized spacial score (nSPS) is 16.3. The molecule has 2 aromatic heterocycles. The average molecular weight is 294 g/mol. The fourth-order valence-electron chi connectivity index (χ4n) is 1.83. The number of aromatic nitrogens is 2. The summed E-state index contributed by atoms with van der Waals surface area (Å²) in [5, 5.41) is 2.44. The van der Waals surface area contributed by atoms with E-state index in [1.165, 1.54) is 16.2 Å². The third-order valence-corrected chi connectivity index (χ3v) is 4.45. The van der Waals surface area contributed by atoms with Crippen molar-refractivity contribution in [3.63, 3.8) is 0 Å². The Morgan fingerprint density at radius 2 is 2.21 bits per heavy atom. The minimum atomic E-state index is -0.246. The lowest BCUT2D eigenvalue weighted by molar-refractivity contribution is -0.128. The predicted octanol–water partition coefficient (Wildman–Crippen LogP) is 1.86. The maximum atomic E-state index is 11.7. The number of amides is 2. The highest BCUT2D eigenvalue weighted by Crippen LogP contribution is 2.25. The lowest BCUT2D eigenvalue weighted by Crippen LogP contribution is -2.38. The molecule has 1 saturated heterocycles. The molecular weight excluding hydrogens is 284 g/mol. The average Bonchev–Trinajstić information content (AvgIpc) is 2.83. The Morgan fingerprint density at radius 3 is 3.00 bits per heavy atom. The zero-order valence-electron chi connectivity index (χ0n) is 9.83. The van der Waals surface area contributed by atoms with Crippen molar-refractivity contribution in [2.75, 3.05) is 11.5 Å². The zero-order valence-corrected chi connectivity index (χ0v) is 11.5. The van der Waals surface area contributed by atoms with Gasteiger partial charge in [-0.1, -0.05) is 11.8 Å². The fraction of sp³-hybridized carbons (Fsp3) is 0.273. The van der Waals surface area contributed by atoms with Crippen LogP contribution in [-0.2, 0) is 11.3 Å². The van der Waals surface area contributed by atoms with Crippen LogP contribution in [0.3, 0.4) is 0 Å². The Morgan fingerprint density at radius 1 is 1.37 bits per heavy atom. The third kappa shape index (κ3) is 2.28. The number of nitrogens with zero attached hydrogens (tertiary/aromatic N) is 3. The van der Waals surface area contributed by atoms with Gasteiger partial charge >= 0.3 is 0 Å². The maximum Gasteiger partial charge on any atom is 0.288 e. The highest BCUT2D eigenvalue weighted by Gasteiger charge is 2.27. The molecule has 2 amide bonds. The summed E-state index contributed by atoms with van der Waals surface area (Å²) in [6.07, 6.45) is 0.368. The van der Waals surface area contributed by atoms with E-state index in [1.807, 2.05) is 11.4 Å². The number of carbonyl (C=O) groups excluding carboxylic acids is 2. The van der Waals surface area contributed by atoms with Gasteiger partial charge in [0.15, 0.2) is 5.82 Å². The van der Waals surface area contributed by atoms with E-state index >= 15 is 0 Å². The minimum absolute atomic E-state index is 0.0860. The highest BCUT2D eigenvalue weighted by atomic mass is 32.2. The van der Waals surface area contributed by atoms with Gasteiger partial charge in [0.05, 0.1) is 11.9 Å². The zero-order chi connectivity index (χ0) is 13.4. The van der Waals surface area contributed by atoms with Gasteiger partial charge in [-0.05, 0) is 11.4 Å². The van der Waals surface area contributed by atoms with Crippen molar-refractivity contribution in [1.82, 2.24) is 14.9 Å². The molecule has 2 N–H and O–H groups in total. The van der Waals surface area contributed by atoms with E-state index in [4.69, 9.17) is 5.73 Å². The summed E-state index contributed by atoms with van der Waals surface area (Å²) in [6, 6.07) is 1.85. The second-order valence-electron chi connectivity index (χ2n) is 4.01. The Bertz CT molecular complexity index is 654. The van der Waals surface area contributed by atoms with Crippen molar-refractivity contribution in [3.05, 3.63) is 17.3 Å². The number of rotatable bonds is 2. The molecule has 98 valence electrons. The fourth-order valence-corrected chi connectivity index (χ4v) is 3.39. The number of nitrogens with two attached hydrogens (primary N) is 1. The summed E-state index contributed by atoms with van der Waals surface area (Å²) in [6.45, 7) is 0.0860. The number of anilines is 1. The number of thioether (sulfide) groups is 1. The lowest BCUT2D eigenvalue weighted by atomic mass is 10.3. The Hall–Kier alpha value is -1.67. The summed E-state index contributed by atoms with van der Waals surface area (Å²) < 4.78 is 0. The van der Waals surface area contributed by atoms with E-state index in [0.29, 0.717) is 23.8 Å². The van der Waals surface area contributed by atoms with Crippen LogP contribution in [0.5, 0.6) is 0 Å². The summed E-state index contributed by atoms with van der Waals surface area (Å²) in [7, 11) is 0. The summed E-state index contributed by atoms with van der Waals surface area (Å²) in [4.78, 5) is 33.8. The highest BCUT2D eigenvalue weighted by molar-refractivity contribution is 8.13. The van der Waals surface area contributed by atoms with E-state index in [1.54, 1.807) is 0 Å². The molecule has 1 aliphatic rings. The molecule has 0 aliphatic carbocycles. The van der Waals surface area contributed by atoms with Crippen LogP contribution in [-0.4, -0.2) is 31.8 Å². The first-order valence-corrected chi connectivity index (χ1v) is 7.48. The van der Waals surface area contributed by atoms with Gasteiger partial charge in [0, 0.05) is 12.2 Å². The number of nitrogen functional groups attached to an aromatic ring is 1. The topological polar surface area (TPSA) is 89.2 Å². The number of hydrogen-bond donors (Lipinski definition) is 1. The second-order valence-corrected chi connectivity index (χ2v) is 5.95. The van der Waals surface area contributed by atoms with Gasteiger partial charge in [-0.2, -0.15) is 0 Å². The standard InChI is InChI=1S/C11H10N4O2S2/c12-9-6-1-3-18-10(6)14-7(13-9)5-15-8(16)2-4-19-11(15)17/h1,3H,2,4-5H2,(H2,12,13,14). The molecule has 19 heavy (non-hydrogen) atoms. The molecule has 0 aromatic carbocycles. The van der Waals surface area contributed by atoms with Crippen LogP contribution >= 0.6 is 23.1 Å². The van der Waals surface area contributed by atoms with E-state index in [2.05, 4.69) is 9.97 Å². The summed E-state index contributed by atoms with van der Waals surface area (Å²) in [5.41, 5.74) is 5.84. The Labute approximate surface area is 117 Å². The molecule has 1 aliphatic heterocycles. The van der Waals surface area contributed by atoms with Gasteiger partial charge in [-0.25, -0.2) is 9.97 Å². The molecule has 0 saturated carbocycles. The van der Waals surface area contributed by atoms with Crippen LogP contribution in [0.1, 0.15) is 12.2 Å². The smallest absolute Gasteiger partial charge is 0.288 e. The minimum Gasteiger partial charge on any atom is -0.383 e. The van der Waals surface area contributed by atoms with Crippen LogP contribution in [0.2, 0.25) is 0 Å². The molecule has 1 fully saturated rings. The van der Waals surface area contributed by atoms with Crippen molar-refractivity contribution in [3.8, 4) is 0 Å². The Kier molecular flexibility index (Phi) is 3.11. The SMILES string of the molecule is Nc1nc(CN2C(=O)CCSC2=O)nc2sccc12. The lowest BCUT2D eigenvalue weighted by Gasteiger charge is -2.23. The molecule has 8 heteroatoms. The largest absolute Gasteiger partial charge is 0.383 e. The van der Waals surface area contributed by atoms with Crippen LogP contribution in [0.15, 0.2) is 11.4 Å². The molecule has 0 spiro atoms. The molecule has 0 radical (unpaired) electrons. The van der Waals surface area contributed by atoms with Crippen LogP contribution in [0, 0.1) is 0 Å². The molecule has 6 nitrogen and oxygen atoms in total. The van der Waals surface area contributed by atoms with E-state index in [9.17, 15) is 9.59 Å². The van der Waals surface area contributed by atoms with Crippen molar-refractivity contribution < 1.29 is 9.59 Å². The first-order chi connectivity index (χ1) is 9.15. The molecule has 0 unspecified atom stereocenters. The van der Waals surface area contributed by atoms with E-state index < -0.39 is 0 Å². The molecule has 2 aromatic rings. The van der Waals surface area contributed by atoms with Crippen molar-refractivity contribution >= 4 is 50.3 Å². The van der Waals surface area contributed by atoms with Crippen LogP contribution < -0.4 is 5.73 Å². The van der Waals surface area contributed by atoms with E-state index in [-0.39, 0.29) is 17.7 Å². The van der Waals surface area contributed by atoms with Crippen LogP contribution in [0.4, 0.5) is 10.6 Å². The van der Waals surface area contributed by atoms with Gasteiger partial charge in [0.1, 0.15) is 10.6 Å². The first kappa shape index (κ1) is 12.4. The monoisotopic (exact) mass is 294 g/mol. The van der Waals surface area contributed by atoms with Gasteiger partial charge < -0.3 is 5.73 Å². The van der Waals surface area contributed by atoms with Crippen LogP contribution in [0.25, 0.3) is 10.2 Å². The number of imide groups is 1. The van der Waals surface area contributed by atoms with Gasteiger partial charge in [0.25, 0.3) is 5.24 Å². The van der Waals surface area contributed by atoms with E-state index in [0.717, 1.165) is 22.0 Å². The predicted molar refractivity (Wildman–Crippen MR) is 74.8 cm³/mol. The molecule has 0 bridgehead atoms. The quantitative estimate of drug-likeness (QED) is 0.909. The second kappa shape index (κ2) is 4.78. The molecule has 3 rings (SSSR count). The van der Waals surface area contributed by atoms with Crippen molar-refractivity contribution in [2.24, 2.45) is 0 Å². The Balaban J connectivity index is 1.92. The van der Waals surface area contributed by atoms with Gasteiger partial charge in [-0.3, -0.25) is 14.5 Å². The molecular formula is C11H10N4O2S2. The maximum absolute atomic E-state index is 11.7. The summed E-state index contributed by atoms with van der Waals surface area (Å²) in [5.74, 6) is 1.14.